The van der Waals surface area contributed by atoms with E-state index < -0.39 is 0 Å². The van der Waals surface area contributed by atoms with Crippen molar-refractivity contribution >= 4 is 17.5 Å². The Morgan fingerprint density at radius 2 is 1.91 bits per heavy atom. The predicted octanol–water partition coefficient (Wildman–Crippen LogP) is 2.99. The van der Waals surface area contributed by atoms with Crippen molar-refractivity contribution in [2.75, 3.05) is 0 Å². The predicted molar refractivity (Wildman–Crippen MR) is 83.9 cm³/mol. The number of carbonyl (C=O) groups is 1. The fourth-order valence-corrected chi connectivity index (χ4v) is 2.22. The Labute approximate surface area is 136 Å². The first-order chi connectivity index (χ1) is 11.1. The number of amides is 1. The van der Waals surface area contributed by atoms with E-state index in [0.29, 0.717) is 10.7 Å². The number of nitrogens with zero attached hydrogens (tertiary/aromatic N) is 3. The molecule has 0 saturated heterocycles. The number of nitrogens with one attached hydrogen (secondary N) is 1. The van der Waals surface area contributed by atoms with E-state index in [4.69, 9.17) is 11.6 Å². The van der Waals surface area contributed by atoms with Gasteiger partial charge in [0.15, 0.2) is 5.69 Å². The third kappa shape index (κ3) is 3.54. The lowest BCUT2D eigenvalue weighted by Crippen LogP contribution is -2.23. The third-order valence-corrected chi connectivity index (χ3v) is 3.51. The van der Waals surface area contributed by atoms with E-state index in [2.05, 4.69) is 15.6 Å². The van der Waals surface area contributed by atoms with Gasteiger partial charge in [0, 0.05) is 6.54 Å². The largest absolute Gasteiger partial charge is 0.347 e. The van der Waals surface area contributed by atoms with Crippen molar-refractivity contribution < 1.29 is 9.18 Å². The van der Waals surface area contributed by atoms with Gasteiger partial charge in [-0.2, -0.15) is 0 Å². The Bertz CT molecular complexity index is 832. The molecule has 1 heterocycles. The zero-order valence-electron chi connectivity index (χ0n) is 11.9. The van der Waals surface area contributed by atoms with Crippen LogP contribution >= 0.6 is 11.6 Å². The Balaban J connectivity index is 1.69. The van der Waals surface area contributed by atoms with E-state index in [9.17, 15) is 9.18 Å². The van der Waals surface area contributed by atoms with Gasteiger partial charge in [-0.25, -0.2) is 9.07 Å². The van der Waals surface area contributed by atoms with Gasteiger partial charge in [0.2, 0.25) is 0 Å². The maximum Gasteiger partial charge on any atom is 0.273 e. The summed E-state index contributed by atoms with van der Waals surface area (Å²) in [6.45, 7) is 0.276. The number of halogens is 2. The normalized spacial score (nSPS) is 10.5. The van der Waals surface area contributed by atoms with Gasteiger partial charge in [-0.05, 0) is 29.8 Å². The van der Waals surface area contributed by atoms with Crippen LogP contribution in [0.25, 0.3) is 5.69 Å². The van der Waals surface area contributed by atoms with Gasteiger partial charge >= 0.3 is 0 Å². The lowest BCUT2D eigenvalue weighted by atomic mass is 10.2. The molecule has 3 aromatic rings. The molecular weight excluding hydrogens is 319 g/mol. The number of benzene rings is 2. The highest BCUT2D eigenvalue weighted by atomic mass is 35.5. The van der Waals surface area contributed by atoms with Crippen molar-refractivity contribution in [1.82, 2.24) is 20.3 Å². The van der Waals surface area contributed by atoms with E-state index in [-0.39, 0.29) is 24.0 Å². The SMILES string of the molecule is O=C(NCc1ccc(F)cc1)c1cn(-c2ccccc2Cl)nn1. The lowest BCUT2D eigenvalue weighted by molar-refractivity contribution is 0.0946. The molecule has 0 bridgehead atoms. The fraction of sp³-hybridized carbons (Fsp3) is 0.0625. The summed E-state index contributed by atoms with van der Waals surface area (Å²) in [6, 6.07) is 13.0. The van der Waals surface area contributed by atoms with Crippen LogP contribution in [0.1, 0.15) is 16.1 Å². The second-order valence-electron chi connectivity index (χ2n) is 4.81. The molecule has 1 aromatic heterocycles. The molecule has 1 N–H and O–H groups in total. The molecule has 0 atom stereocenters. The van der Waals surface area contributed by atoms with Crippen LogP contribution in [0.15, 0.2) is 54.7 Å². The van der Waals surface area contributed by atoms with Crippen molar-refractivity contribution in [1.29, 1.82) is 0 Å². The Hall–Kier alpha value is -2.73. The van der Waals surface area contributed by atoms with Gasteiger partial charge in [0.1, 0.15) is 5.82 Å². The summed E-state index contributed by atoms with van der Waals surface area (Å²) in [7, 11) is 0. The molecule has 0 aliphatic carbocycles. The summed E-state index contributed by atoms with van der Waals surface area (Å²) in [6.07, 6.45) is 1.50. The number of carbonyl (C=O) groups excluding carboxylic acids is 1. The number of hydrogen-bond donors (Lipinski definition) is 1. The molecule has 0 radical (unpaired) electrons. The third-order valence-electron chi connectivity index (χ3n) is 3.19. The minimum Gasteiger partial charge on any atom is -0.347 e. The van der Waals surface area contributed by atoms with Crippen molar-refractivity contribution in [3.63, 3.8) is 0 Å². The molecule has 0 unspecified atom stereocenters. The first-order valence-corrected chi connectivity index (χ1v) is 7.21. The van der Waals surface area contributed by atoms with E-state index >= 15 is 0 Å². The monoisotopic (exact) mass is 330 g/mol. The van der Waals surface area contributed by atoms with Crippen molar-refractivity contribution in [2.45, 2.75) is 6.54 Å². The van der Waals surface area contributed by atoms with Crippen LogP contribution in [0.3, 0.4) is 0 Å². The molecule has 23 heavy (non-hydrogen) atoms. The summed E-state index contributed by atoms with van der Waals surface area (Å²) >= 11 is 6.08. The van der Waals surface area contributed by atoms with Crippen LogP contribution < -0.4 is 5.32 Å². The Kier molecular flexibility index (Phi) is 4.34. The van der Waals surface area contributed by atoms with Gasteiger partial charge in [0.25, 0.3) is 5.91 Å². The highest BCUT2D eigenvalue weighted by Crippen LogP contribution is 2.18. The molecule has 0 aliphatic rings. The molecule has 1 amide bonds. The molecular formula is C16H12ClFN4O. The van der Waals surface area contributed by atoms with Gasteiger partial charge in [-0.15, -0.1) is 5.10 Å². The second-order valence-corrected chi connectivity index (χ2v) is 5.22. The standard InChI is InChI=1S/C16H12ClFN4O/c17-13-3-1-2-4-15(13)22-10-14(20-21-22)16(23)19-9-11-5-7-12(18)8-6-11/h1-8,10H,9H2,(H,19,23). The van der Waals surface area contributed by atoms with Gasteiger partial charge < -0.3 is 5.32 Å². The highest BCUT2D eigenvalue weighted by molar-refractivity contribution is 6.32. The molecule has 0 saturated carbocycles. The van der Waals surface area contributed by atoms with Crippen LogP contribution in [0.5, 0.6) is 0 Å². The smallest absolute Gasteiger partial charge is 0.273 e. The Morgan fingerprint density at radius 3 is 2.65 bits per heavy atom. The van der Waals surface area contributed by atoms with Gasteiger partial charge in [-0.3, -0.25) is 4.79 Å². The fourth-order valence-electron chi connectivity index (χ4n) is 2.00. The van der Waals surface area contributed by atoms with Crippen LogP contribution in [-0.4, -0.2) is 20.9 Å². The average Bonchev–Trinajstić information content (AvgIpc) is 3.04. The molecule has 0 fully saturated rings. The van der Waals surface area contributed by atoms with Gasteiger partial charge in [-0.1, -0.05) is 41.1 Å². The van der Waals surface area contributed by atoms with E-state index in [1.54, 1.807) is 30.3 Å². The summed E-state index contributed by atoms with van der Waals surface area (Å²) in [5.41, 5.74) is 1.60. The van der Waals surface area contributed by atoms with Crippen molar-refractivity contribution in [2.24, 2.45) is 0 Å². The lowest BCUT2D eigenvalue weighted by Gasteiger charge is -2.03. The number of rotatable bonds is 4. The molecule has 3 rings (SSSR count). The van der Waals surface area contributed by atoms with Crippen molar-refractivity contribution in [3.8, 4) is 5.69 Å². The van der Waals surface area contributed by atoms with Gasteiger partial charge in [0.05, 0.1) is 16.9 Å². The minimum absolute atomic E-state index is 0.173. The van der Waals surface area contributed by atoms with Crippen LogP contribution in [0.4, 0.5) is 4.39 Å². The minimum atomic E-state index is -0.368. The molecule has 2 aromatic carbocycles. The van der Waals surface area contributed by atoms with Crippen LogP contribution in [0.2, 0.25) is 5.02 Å². The molecule has 0 aliphatic heterocycles. The zero-order valence-corrected chi connectivity index (χ0v) is 12.7. The van der Waals surface area contributed by atoms with E-state index in [1.165, 1.54) is 23.0 Å². The topological polar surface area (TPSA) is 59.8 Å². The molecule has 5 nitrogen and oxygen atoms in total. The number of para-hydroxylation sites is 1. The van der Waals surface area contributed by atoms with E-state index in [1.807, 2.05) is 6.07 Å². The highest BCUT2D eigenvalue weighted by Gasteiger charge is 2.12. The first-order valence-electron chi connectivity index (χ1n) is 6.83. The molecule has 7 heteroatoms. The molecule has 0 spiro atoms. The summed E-state index contributed by atoms with van der Waals surface area (Å²) in [5.74, 6) is -0.685. The number of aromatic nitrogens is 3. The van der Waals surface area contributed by atoms with Crippen LogP contribution in [-0.2, 0) is 6.54 Å². The van der Waals surface area contributed by atoms with E-state index in [0.717, 1.165) is 5.56 Å². The van der Waals surface area contributed by atoms with Crippen LogP contribution in [0, 0.1) is 5.82 Å². The zero-order chi connectivity index (χ0) is 16.2. The Morgan fingerprint density at radius 1 is 1.17 bits per heavy atom. The first kappa shape index (κ1) is 15.2. The molecule has 116 valence electrons. The summed E-state index contributed by atoms with van der Waals surface area (Å²) in [4.78, 5) is 12.1. The second kappa shape index (κ2) is 6.58. The summed E-state index contributed by atoms with van der Waals surface area (Å²) < 4.78 is 14.3. The number of hydrogen-bond acceptors (Lipinski definition) is 3. The average molecular weight is 331 g/mol. The van der Waals surface area contributed by atoms with Crippen molar-refractivity contribution in [3.05, 3.63) is 76.8 Å². The summed E-state index contributed by atoms with van der Waals surface area (Å²) in [5, 5.41) is 11.0. The quantitative estimate of drug-likeness (QED) is 0.800. The maximum atomic E-state index is 12.8. The maximum absolute atomic E-state index is 12.8.